The van der Waals surface area contributed by atoms with Crippen molar-refractivity contribution in [2.45, 2.75) is 50.9 Å². The Balaban J connectivity index is 2.38. The number of hydrogen-bond donors (Lipinski definition) is 4. The maximum Gasteiger partial charge on any atom is 0.451 e. The van der Waals surface area contributed by atoms with Crippen molar-refractivity contribution >= 4 is 13.1 Å². The summed E-state index contributed by atoms with van der Waals surface area (Å²) in [6.07, 6.45) is 4.20. The monoisotopic (exact) mass is 229 g/mol. The molecule has 0 aromatic heterocycles. The van der Waals surface area contributed by atoms with Crippen LogP contribution in [-0.4, -0.2) is 34.3 Å². The largest absolute Gasteiger partial charge is 0.481 e. The van der Waals surface area contributed by atoms with Crippen LogP contribution < -0.4 is 5.73 Å². The summed E-state index contributed by atoms with van der Waals surface area (Å²) in [6, 6.07) is -0.000433. The van der Waals surface area contributed by atoms with Crippen LogP contribution in [0.5, 0.6) is 0 Å². The van der Waals surface area contributed by atoms with E-state index in [1.807, 2.05) is 0 Å². The molecule has 0 amide bonds. The fourth-order valence-corrected chi connectivity index (χ4v) is 2.49. The molecule has 0 aromatic rings. The van der Waals surface area contributed by atoms with Gasteiger partial charge in [-0.05, 0) is 32.0 Å². The molecule has 0 radical (unpaired) electrons. The third kappa shape index (κ3) is 3.47. The summed E-state index contributed by atoms with van der Waals surface area (Å²) in [7, 11) is -1.29. The van der Waals surface area contributed by atoms with Crippen molar-refractivity contribution in [3.63, 3.8) is 0 Å². The molecule has 1 aliphatic carbocycles. The molecule has 5 nitrogen and oxygen atoms in total. The zero-order valence-corrected chi connectivity index (χ0v) is 9.43. The molecular weight excluding hydrogens is 209 g/mol. The highest BCUT2D eigenvalue weighted by atomic mass is 16.4. The highest BCUT2D eigenvalue weighted by Crippen LogP contribution is 2.42. The number of aliphatic carboxylic acids is 1. The second kappa shape index (κ2) is 5.66. The van der Waals surface area contributed by atoms with Gasteiger partial charge in [-0.2, -0.15) is 0 Å². The highest BCUT2D eigenvalue weighted by Gasteiger charge is 2.43. The maximum absolute atomic E-state index is 11.2. The Morgan fingerprint density at radius 3 is 2.56 bits per heavy atom. The van der Waals surface area contributed by atoms with Crippen molar-refractivity contribution in [3.05, 3.63) is 0 Å². The van der Waals surface area contributed by atoms with Crippen molar-refractivity contribution in [1.82, 2.24) is 0 Å². The molecule has 1 saturated carbocycles. The second-order valence-corrected chi connectivity index (χ2v) is 4.81. The number of rotatable bonds is 6. The van der Waals surface area contributed by atoms with E-state index in [-0.39, 0.29) is 6.04 Å². The Morgan fingerprint density at radius 2 is 2.12 bits per heavy atom. The van der Waals surface area contributed by atoms with Gasteiger partial charge in [0.05, 0.1) is 5.41 Å². The minimum atomic E-state index is -1.29. The molecule has 1 rings (SSSR count). The Bertz CT molecular complexity index is 249. The summed E-state index contributed by atoms with van der Waals surface area (Å²) in [5, 5.41) is 26.6. The van der Waals surface area contributed by atoms with Gasteiger partial charge in [-0.1, -0.05) is 12.8 Å². The third-order valence-corrected chi connectivity index (χ3v) is 3.47. The van der Waals surface area contributed by atoms with E-state index in [0.717, 1.165) is 6.42 Å². The van der Waals surface area contributed by atoms with Crippen LogP contribution in [0.4, 0.5) is 0 Å². The highest BCUT2D eigenvalue weighted by molar-refractivity contribution is 6.40. The molecule has 2 atom stereocenters. The van der Waals surface area contributed by atoms with E-state index in [1.165, 1.54) is 0 Å². The zero-order valence-electron chi connectivity index (χ0n) is 9.43. The smallest absolute Gasteiger partial charge is 0.451 e. The van der Waals surface area contributed by atoms with E-state index < -0.39 is 18.5 Å². The summed E-state index contributed by atoms with van der Waals surface area (Å²) in [6.45, 7) is 0. The van der Waals surface area contributed by atoms with Crippen molar-refractivity contribution < 1.29 is 19.9 Å². The molecule has 0 aromatic carbocycles. The standard InChI is InChI=1S/C10H20BNO4/c12-8-3-5-10(7-8,9(13)14)4-1-2-6-11(15)16/h8,15-16H,1-7,12H2,(H,13,14)/t8-,10+/m1/s1. The van der Waals surface area contributed by atoms with E-state index in [4.69, 9.17) is 15.8 Å². The molecule has 0 heterocycles. The van der Waals surface area contributed by atoms with Gasteiger partial charge in [-0.15, -0.1) is 0 Å². The molecule has 5 N–H and O–H groups in total. The first kappa shape index (κ1) is 13.5. The van der Waals surface area contributed by atoms with Crippen LogP contribution in [0.2, 0.25) is 6.32 Å². The third-order valence-electron chi connectivity index (χ3n) is 3.47. The van der Waals surface area contributed by atoms with Gasteiger partial charge in [-0.25, -0.2) is 0 Å². The van der Waals surface area contributed by atoms with Crippen LogP contribution in [0.1, 0.15) is 38.5 Å². The topological polar surface area (TPSA) is 104 Å². The molecule has 16 heavy (non-hydrogen) atoms. The number of carboxylic acids is 1. The quantitative estimate of drug-likeness (QED) is 0.385. The lowest BCUT2D eigenvalue weighted by Gasteiger charge is -2.23. The van der Waals surface area contributed by atoms with Gasteiger partial charge >= 0.3 is 13.1 Å². The molecule has 0 saturated heterocycles. The van der Waals surface area contributed by atoms with Gasteiger partial charge in [0.1, 0.15) is 0 Å². The molecule has 0 unspecified atom stereocenters. The van der Waals surface area contributed by atoms with Crippen molar-refractivity contribution in [2.24, 2.45) is 11.1 Å². The average molecular weight is 229 g/mol. The van der Waals surface area contributed by atoms with Gasteiger partial charge in [0, 0.05) is 6.04 Å². The molecule has 0 spiro atoms. The molecule has 92 valence electrons. The van der Waals surface area contributed by atoms with Gasteiger partial charge in [0.15, 0.2) is 0 Å². The second-order valence-electron chi connectivity index (χ2n) is 4.81. The van der Waals surface area contributed by atoms with Gasteiger partial charge in [-0.3, -0.25) is 4.79 Å². The number of nitrogens with two attached hydrogens (primary N) is 1. The molecule has 6 heteroatoms. The Labute approximate surface area is 95.8 Å². The summed E-state index contributed by atoms with van der Waals surface area (Å²) >= 11 is 0. The van der Waals surface area contributed by atoms with E-state index in [1.54, 1.807) is 0 Å². The SMILES string of the molecule is N[C@@H]1CC[C@](CCCCB(O)O)(C(=O)O)C1. The normalized spacial score (nSPS) is 29.3. The predicted octanol–water partition coefficient (Wildman–Crippen LogP) is 0.212. The van der Waals surface area contributed by atoms with E-state index in [2.05, 4.69) is 0 Å². The van der Waals surface area contributed by atoms with E-state index in [9.17, 15) is 9.90 Å². The van der Waals surface area contributed by atoms with E-state index >= 15 is 0 Å². The Kier molecular flexibility index (Phi) is 4.77. The molecule has 1 fully saturated rings. The van der Waals surface area contributed by atoms with Crippen molar-refractivity contribution in [2.75, 3.05) is 0 Å². The fraction of sp³-hybridized carbons (Fsp3) is 0.900. The summed E-state index contributed by atoms with van der Waals surface area (Å²) in [5.41, 5.74) is 5.09. The molecule has 0 bridgehead atoms. The van der Waals surface area contributed by atoms with Crippen molar-refractivity contribution in [1.29, 1.82) is 0 Å². The lowest BCUT2D eigenvalue weighted by Crippen LogP contribution is -2.30. The van der Waals surface area contributed by atoms with Gasteiger partial charge in [0.25, 0.3) is 0 Å². The van der Waals surface area contributed by atoms with E-state index in [0.29, 0.717) is 38.4 Å². The minimum absolute atomic E-state index is 0.000433. The average Bonchev–Trinajstić information content (AvgIpc) is 2.56. The van der Waals surface area contributed by atoms with Crippen LogP contribution in [0, 0.1) is 5.41 Å². The predicted molar refractivity (Wildman–Crippen MR) is 60.7 cm³/mol. The van der Waals surface area contributed by atoms with Crippen LogP contribution in [-0.2, 0) is 4.79 Å². The Hall–Kier alpha value is -0.585. The lowest BCUT2D eigenvalue weighted by molar-refractivity contribution is -0.149. The first-order valence-corrected chi connectivity index (χ1v) is 5.81. The van der Waals surface area contributed by atoms with Gasteiger partial charge < -0.3 is 20.9 Å². The lowest BCUT2D eigenvalue weighted by atomic mass is 9.78. The minimum Gasteiger partial charge on any atom is -0.481 e. The first-order valence-electron chi connectivity index (χ1n) is 5.81. The fourth-order valence-electron chi connectivity index (χ4n) is 2.49. The van der Waals surface area contributed by atoms with Gasteiger partial charge in [0.2, 0.25) is 0 Å². The number of carbonyl (C=O) groups is 1. The van der Waals surface area contributed by atoms with Crippen LogP contribution in [0.3, 0.4) is 0 Å². The number of unbranched alkanes of at least 4 members (excludes halogenated alkanes) is 1. The number of hydrogen-bond acceptors (Lipinski definition) is 4. The van der Waals surface area contributed by atoms with Crippen molar-refractivity contribution in [3.8, 4) is 0 Å². The maximum atomic E-state index is 11.2. The summed E-state index contributed by atoms with van der Waals surface area (Å²) in [5.74, 6) is -0.759. The van der Waals surface area contributed by atoms with Crippen LogP contribution in [0.25, 0.3) is 0 Å². The first-order chi connectivity index (χ1) is 7.46. The molecular formula is C10H20BNO4. The molecule has 0 aliphatic heterocycles. The van der Waals surface area contributed by atoms with Crippen LogP contribution >= 0.6 is 0 Å². The summed E-state index contributed by atoms with van der Waals surface area (Å²) < 4.78 is 0. The molecule has 1 aliphatic rings. The number of carboxylic acid groups (broad SMARTS) is 1. The Morgan fingerprint density at radius 1 is 1.44 bits per heavy atom. The summed E-state index contributed by atoms with van der Waals surface area (Å²) in [4.78, 5) is 11.2. The zero-order chi connectivity index (χ0) is 12.2. The van der Waals surface area contributed by atoms with Crippen LogP contribution in [0.15, 0.2) is 0 Å².